The zero-order valence-electron chi connectivity index (χ0n) is 12.8. The van der Waals surface area contributed by atoms with Gasteiger partial charge in [-0.1, -0.05) is 41.4 Å². The molecule has 3 amide bonds. The van der Waals surface area contributed by atoms with Crippen molar-refractivity contribution in [3.05, 3.63) is 52.5 Å². The summed E-state index contributed by atoms with van der Waals surface area (Å²) in [6, 6.07) is 11.5. The number of fused-ring (bicyclic) bond motifs is 1. The topological polar surface area (TPSA) is 61.4 Å². The summed E-state index contributed by atoms with van der Waals surface area (Å²) in [6.45, 7) is 1.82. The van der Waals surface area contributed by atoms with Gasteiger partial charge in [-0.25, -0.2) is 4.79 Å². The number of nitrogens with one attached hydrogen (secondary N) is 2. The summed E-state index contributed by atoms with van der Waals surface area (Å²) >= 11 is 12.1. The molecule has 0 aromatic heterocycles. The molecular formula is C17H15Cl2N3O2. The smallest absolute Gasteiger partial charge is 0.324 e. The van der Waals surface area contributed by atoms with Gasteiger partial charge in [-0.3, -0.25) is 9.69 Å². The van der Waals surface area contributed by atoms with E-state index in [1.54, 1.807) is 41.3 Å². The number of para-hydroxylation sites is 2. The summed E-state index contributed by atoms with van der Waals surface area (Å²) in [4.78, 5) is 26.4. The molecule has 2 N–H and O–H groups in total. The third-order valence-electron chi connectivity index (χ3n) is 3.77. The van der Waals surface area contributed by atoms with E-state index in [1.165, 1.54) is 0 Å². The Morgan fingerprint density at radius 3 is 2.75 bits per heavy atom. The lowest BCUT2D eigenvalue weighted by molar-refractivity contribution is -0.116. The molecule has 0 spiro atoms. The fourth-order valence-corrected chi connectivity index (χ4v) is 3.02. The lowest BCUT2D eigenvalue weighted by Crippen LogP contribution is -2.41. The van der Waals surface area contributed by atoms with Gasteiger partial charge in [-0.05, 0) is 31.2 Å². The molecule has 24 heavy (non-hydrogen) atoms. The molecular weight excluding hydrogens is 349 g/mol. The number of urea groups is 1. The summed E-state index contributed by atoms with van der Waals surface area (Å²) in [5, 5.41) is 6.21. The molecule has 0 radical (unpaired) electrons. The minimum atomic E-state index is -0.379. The van der Waals surface area contributed by atoms with Gasteiger partial charge >= 0.3 is 6.03 Å². The van der Waals surface area contributed by atoms with Crippen LogP contribution in [0, 0.1) is 0 Å². The van der Waals surface area contributed by atoms with Crippen LogP contribution in [-0.2, 0) is 4.79 Å². The largest absolute Gasteiger partial charge is 0.326 e. The van der Waals surface area contributed by atoms with Crippen molar-refractivity contribution in [1.82, 2.24) is 0 Å². The van der Waals surface area contributed by atoms with Crippen LogP contribution in [0.3, 0.4) is 0 Å². The van der Waals surface area contributed by atoms with Crippen molar-refractivity contribution < 1.29 is 9.59 Å². The van der Waals surface area contributed by atoms with Crippen LogP contribution >= 0.6 is 23.2 Å². The number of hydrogen-bond donors (Lipinski definition) is 2. The van der Waals surface area contributed by atoms with E-state index in [9.17, 15) is 9.59 Å². The lowest BCUT2D eigenvalue weighted by Gasteiger charge is -2.28. The van der Waals surface area contributed by atoms with Crippen LogP contribution < -0.4 is 15.5 Å². The molecule has 2 aromatic carbocycles. The van der Waals surface area contributed by atoms with Crippen molar-refractivity contribution in [3.8, 4) is 0 Å². The maximum atomic E-state index is 12.8. The van der Waals surface area contributed by atoms with Crippen LogP contribution in [0.5, 0.6) is 0 Å². The van der Waals surface area contributed by atoms with Crippen LogP contribution in [-0.4, -0.2) is 18.0 Å². The number of amides is 3. The van der Waals surface area contributed by atoms with Gasteiger partial charge in [-0.2, -0.15) is 0 Å². The molecule has 0 bridgehead atoms. The Balaban J connectivity index is 1.96. The maximum absolute atomic E-state index is 12.8. The first-order valence-electron chi connectivity index (χ1n) is 7.40. The molecule has 3 rings (SSSR count). The molecule has 0 saturated carbocycles. The Kier molecular flexibility index (Phi) is 4.64. The second-order valence-electron chi connectivity index (χ2n) is 5.52. The van der Waals surface area contributed by atoms with Crippen LogP contribution in [0.2, 0.25) is 10.0 Å². The first kappa shape index (κ1) is 16.6. The van der Waals surface area contributed by atoms with Gasteiger partial charge in [0.25, 0.3) is 0 Å². The monoisotopic (exact) mass is 363 g/mol. The van der Waals surface area contributed by atoms with Gasteiger partial charge in [0.15, 0.2) is 0 Å². The highest BCUT2D eigenvalue weighted by Crippen LogP contribution is 2.33. The minimum Gasteiger partial charge on any atom is -0.324 e. The summed E-state index contributed by atoms with van der Waals surface area (Å²) in [7, 11) is 0. The molecule has 7 heteroatoms. The van der Waals surface area contributed by atoms with Gasteiger partial charge in [0.05, 0.1) is 27.1 Å². The zero-order valence-corrected chi connectivity index (χ0v) is 14.4. The van der Waals surface area contributed by atoms with E-state index in [0.29, 0.717) is 22.1 Å². The predicted octanol–water partition coefficient (Wildman–Crippen LogP) is 4.76. The summed E-state index contributed by atoms with van der Waals surface area (Å²) in [5.74, 6) is -0.133. The van der Waals surface area contributed by atoms with Gasteiger partial charge in [0.2, 0.25) is 5.91 Å². The predicted molar refractivity (Wildman–Crippen MR) is 97.1 cm³/mol. The van der Waals surface area contributed by atoms with Crippen LogP contribution in [0.25, 0.3) is 0 Å². The first-order valence-corrected chi connectivity index (χ1v) is 8.16. The fourth-order valence-electron chi connectivity index (χ4n) is 2.67. The highest BCUT2D eigenvalue weighted by atomic mass is 35.5. The van der Waals surface area contributed by atoms with Gasteiger partial charge < -0.3 is 10.6 Å². The molecule has 0 fully saturated rings. The SMILES string of the molecule is CC1CC(=O)Nc2ccccc2N1C(=O)Nc1cccc(Cl)c1Cl. The molecule has 1 aliphatic rings. The van der Waals surface area contributed by atoms with Crippen molar-refractivity contribution >= 4 is 52.2 Å². The van der Waals surface area contributed by atoms with E-state index in [4.69, 9.17) is 23.2 Å². The van der Waals surface area contributed by atoms with Gasteiger partial charge in [-0.15, -0.1) is 0 Å². The van der Waals surface area contributed by atoms with Gasteiger partial charge in [0.1, 0.15) is 0 Å². The third-order valence-corrected chi connectivity index (χ3v) is 4.59. The Labute approximate surface area is 149 Å². The van der Waals surface area contributed by atoms with Crippen molar-refractivity contribution in [3.63, 3.8) is 0 Å². The second-order valence-corrected chi connectivity index (χ2v) is 6.31. The number of nitrogens with zero attached hydrogens (tertiary/aromatic N) is 1. The Morgan fingerprint density at radius 1 is 1.21 bits per heavy atom. The van der Waals surface area contributed by atoms with E-state index in [0.717, 1.165) is 0 Å². The molecule has 1 atom stereocenters. The van der Waals surface area contributed by atoms with Crippen LogP contribution in [0.15, 0.2) is 42.5 Å². The highest BCUT2D eigenvalue weighted by Gasteiger charge is 2.29. The average molecular weight is 364 g/mol. The van der Waals surface area contributed by atoms with Crippen LogP contribution in [0.1, 0.15) is 13.3 Å². The quantitative estimate of drug-likeness (QED) is 0.766. The highest BCUT2D eigenvalue weighted by molar-refractivity contribution is 6.44. The molecule has 1 heterocycles. The third kappa shape index (κ3) is 3.18. The molecule has 124 valence electrons. The summed E-state index contributed by atoms with van der Waals surface area (Å²) < 4.78 is 0. The number of halogens is 2. The number of benzene rings is 2. The van der Waals surface area contributed by atoms with E-state index >= 15 is 0 Å². The number of carbonyl (C=O) groups excluding carboxylic acids is 2. The minimum absolute atomic E-state index is 0.133. The molecule has 5 nitrogen and oxygen atoms in total. The molecule has 1 unspecified atom stereocenters. The van der Waals surface area contributed by atoms with E-state index in [1.807, 2.05) is 13.0 Å². The normalized spacial score (nSPS) is 16.9. The van der Waals surface area contributed by atoms with Crippen molar-refractivity contribution in [2.24, 2.45) is 0 Å². The number of rotatable bonds is 1. The van der Waals surface area contributed by atoms with E-state index in [2.05, 4.69) is 10.6 Å². The zero-order chi connectivity index (χ0) is 17.3. The van der Waals surface area contributed by atoms with Gasteiger partial charge in [0, 0.05) is 12.5 Å². The number of hydrogen-bond acceptors (Lipinski definition) is 2. The van der Waals surface area contributed by atoms with E-state index < -0.39 is 0 Å². The first-order chi connectivity index (χ1) is 11.5. The molecule has 0 saturated heterocycles. The lowest BCUT2D eigenvalue weighted by atomic mass is 10.2. The molecule has 0 aliphatic carbocycles. The summed E-state index contributed by atoms with van der Waals surface area (Å²) in [6.07, 6.45) is 0.200. The summed E-state index contributed by atoms with van der Waals surface area (Å²) in [5.41, 5.74) is 1.65. The molecule has 2 aromatic rings. The molecule has 1 aliphatic heterocycles. The standard InChI is InChI=1S/C17H15Cl2N3O2/c1-10-9-15(23)20-12-6-2-3-8-14(12)22(10)17(24)21-13-7-4-5-11(18)16(13)19/h2-8,10H,9H2,1H3,(H,20,23)(H,21,24). The maximum Gasteiger partial charge on any atom is 0.326 e. The Morgan fingerprint density at radius 2 is 1.96 bits per heavy atom. The van der Waals surface area contributed by atoms with Crippen molar-refractivity contribution in [2.45, 2.75) is 19.4 Å². The number of anilines is 3. The fraction of sp³-hybridized carbons (Fsp3) is 0.176. The van der Waals surface area contributed by atoms with Crippen LogP contribution in [0.4, 0.5) is 21.9 Å². The average Bonchev–Trinajstić information content (AvgIpc) is 2.66. The Bertz CT molecular complexity index is 810. The number of carbonyl (C=O) groups is 2. The van der Waals surface area contributed by atoms with Crippen molar-refractivity contribution in [1.29, 1.82) is 0 Å². The van der Waals surface area contributed by atoms with E-state index in [-0.39, 0.29) is 29.4 Å². The second kappa shape index (κ2) is 6.71. The van der Waals surface area contributed by atoms with Crippen molar-refractivity contribution in [2.75, 3.05) is 15.5 Å². The Hall–Kier alpha value is -2.24.